The van der Waals surface area contributed by atoms with Gasteiger partial charge in [0.25, 0.3) is 5.91 Å². The molecule has 1 spiro atoms. The fourth-order valence-electron chi connectivity index (χ4n) is 3.31. The molecule has 1 aliphatic carbocycles. The molecule has 4 rings (SSSR count). The predicted molar refractivity (Wildman–Crippen MR) is 91.9 cm³/mol. The molecule has 1 aromatic carbocycles. The first-order valence-corrected chi connectivity index (χ1v) is 8.59. The van der Waals surface area contributed by atoms with E-state index in [0.29, 0.717) is 12.0 Å². The van der Waals surface area contributed by atoms with Gasteiger partial charge in [-0.3, -0.25) is 14.9 Å². The molecule has 6 nitrogen and oxygen atoms in total. The molecule has 1 fully saturated rings. The van der Waals surface area contributed by atoms with E-state index < -0.39 is 17.5 Å². The molecule has 128 valence electrons. The molecule has 0 saturated heterocycles. The highest BCUT2D eigenvalue weighted by atomic mass is 79.9. The van der Waals surface area contributed by atoms with Gasteiger partial charge in [0.05, 0.1) is 0 Å². The van der Waals surface area contributed by atoms with Crippen molar-refractivity contribution >= 4 is 33.7 Å². The molecule has 1 N–H and O–H groups in total. The summed E-state index contributed by atoms with van der Waals surface area (Å²) in [4.78, 5) is 34.2. The first-order valence-electron chi connectivity index (χ1n) is 7.80. The summed E-state index contributed by atoms with van der Waals surface area (Å²) in [6, 6.07) is 6.87. The molecule has 0 radical (unpaired) electrons. The summed E-state index contributed by atoms with van der Waals surface area (Å²) in [5, 5.41) is 2.55. The van der Waals surface area contributed by atoms with Gasteiger partial charge in [0.15, 0.2) is 0 Å². The lowest BCUT2D eigenvalue weighted by Gasteiger charge is -2.34. The molecule has 2 aliphatic rings. The minimum atomic E-state index is -1.00. The lowest BCUT2D eigenvalue weighted by atomic mass is 9.86. The van der Waals surface area contributed by atoms with Crippen LogP contribution in [0.25, 0.3) is 0 Å². The number of nitrogens with one attached hydrogen (secondary N) is 1. The SMILES string of the molecule is O=C(CN1C[C@]2(C[C@@H]2F)c2cc(Br)ccc2C1=O)Nc1ncccn1. The Morgan fingerprint density at radius 3 is 2.80 bits per heavy atom. The van der Waals surface area contributed by atoms with Crippen LogP contribution in [0.3, 0.4) is 0 Å². The topological polar surface area (TPSA) is 75.2 Å². The van der Waals surface area contributed by atoms with Gasteiger partial charge in [-0.05, 0) is 36.2 Å². The van der Waals surface area contributed by atoms with Crippen LogP contribution in [0.4, 0.5) is 10.3 Å². The number of hydrogen-bond acceptors (Lipinski definition) is 4. The monoisotopic (exact) mass is 404 g/mol. The molecular weight excluding hydrogens is 391 g/mol. The Bertz CT molecular complexity index is 863. The molecule has 0 unspecified atom stereocenters. The van der Waals surface area contributed by atoms with Gasteiger partial charge >= 0.3 is 0 Å². The number of nitrogens with zero attached hydrogens (tertiary/aromatic N) is 3. The van der Waals surface area contributed by atoms with Crippen molar-refractivity contribution in [1.82, 2.24) is 14.9 Å². The Balaban J connectivity index is 1.57. The second-order valence-electron chi connectivity index (χ2n) is 6.30. The molecule has 25 heavy (non-hydrogen) atoms. The molecule has 2 amide bonds. The van der Waals surface area contributed by atoms with Crippen molar-refractivity contribution < 1.29 is 14.0 Å². The normalized spacial score (nSPS) is 24.2. The molecule has 2 atom stereocenters. The summed E-state index contributed by atoms with van der Waals surface area (Å²) in [6.45, 7) is 0.0284. The van der Waals surface area contributed by atoms with Gasteiger partial charge in [0.1, 0.15) is 12.7 Å². The Labute approximate surface area is 151 Å². The van der Waals surface area contributed by atoms with Crippen LogP contribution < -0.4 is 5.32 Å². The summed E-state index contributed by atoms with van der Waals surface area (Å²) >= 11 is 3.38. The predicted octanol–water partition coefficient (Wildman–Crippen LogP) is 2.31. The van der Waals surface area contributed by atoms with E-state index in [0.717, 1.165) is 10.0 Å². The zero-order valence-electron chi connectivity index (χ0n) is 13.1. The fourth-order valence-corrected chi connectivity index (χ4v) is 3.68. The van der Waals surface area contributed by atoms with E-state index in [-0.39, 0.29) is 24.9 Å². The number of carbonyl (C=O) groups is 2. The Morgan fingerprint density at radius 2 is 2.12 bits per heavy atom. The lowest BCUT2D eigenvalue weighted by molar-refractivity contribution is -0.117. The van der Waals surface area contributed by atoms with Crippen molar-refractivity contribution in [3.8, 4) is 0 Å². The number of rotatable bonds is 3. The molecule has 8 heteroatoms. The van der Waals surface area contributed by atoms with Crippen molar-refractivity contribution in [3.63, 3.8) is 0 Å². The van der Waals surface area contributed by atoms with Crippen molar-refractivity contribution in [1.29, 1.82) is 0 Å². The first-order chi connectivity index (χ1) is 12.0. The van der Waals surface area contributed by atoms with E-state index in [9.17, 15) is 14.0 Å². The van der Waals surface area contributed by atoms with Crippen LogP contribution in [0.5, 0.6) is 0 Å². The molecule has 2 aromatic rings. The largest absolute Gasteiger partial charge is 0.328 e. The average Bonchev–Trinajstić information content (AvgIpc) is 3.23. The number of amides is 2. The molecule has 1 saturated carbocycles. The number of alkyl halides is 1. The van der Waals surface area contributed by atoms with Gasteiger partial charge in [-0.1, -0.05) is 15.9 Å². The standard InChI is InChI=1S/C17H14BrFN4O2/c18-10-2-3-11-12(6-10)17(7-13(17)19)9-23(15(11)25)8-14(24)22-16-20-4-1-5-21-16/h1-6,13H,7-9H2,(H,20,21,22,24)/t13-,17+/m0/s1. The van der Waals surface area contributed by atoms with Crippen molar-refractivity contribution in [2.75, 3.05) is 18.4 Å². The number of fused-ring (bicyclic) bond motifs is 2. The van der Waals surface area contributed by atoms with E-state index in [4.69, 9.17) is 0 Å². The van der Waals surface area contributed by atoms with Gasteiger partial charge < -0.3 is 4.90 Å². The van der Waals surface area contributed by atoms with Crippen LogP contribution in [-0.4, -0.2) is 45.9 Å². The van der Waals surface area contributed by atoms with Gasteiger partial charge in [0.2, 0.25) is 11.9 Å². The summed E-state index contributed by atoms with van der Waals surface area (Å²) in [6.07, 6.45) is 2.38. The molecule has 1 aliphatic heterocycles. The minimum absolute atomic E-state index is 0.166. The maximum absolute atomic E-state index is 14.2. The van der Waals surface area contributed by atoms with E-state index >= 15 is 0 Å². The third-order valence-corrected chi connectivity index (χ3v) is 5.14. The third kappa shape index (κ3) is 2.80. The zero-order chi connectivity index (χ0) is 17.6. The summed E-state index contributed by atoms with van der Waals surface area (Å²) < 4.78 is 15.0. The van der Waals surface area contributed by atoms with Crippen molar-refractivity contribution in [2.24, 2.45) is 0 Å². The fraction of sp³-hybridized carbons (Fsp3) is 0.294. The van der Waals surface area contributed by atoms with E-state index in [2.05, 4.69) is 31.2 Å². The quantitative estimate of drug-likeness (QED) is 0.851. The minimum Gasteiger partial charge on any atom is -0.328 e. The van der Waals surface area contributed by atoms with Crippen LogP contribution in [0, 0.1) is 0 Å². The van der Waals surface area contributed by atoms with Crippen molar-refractivity contribution in [2.45, 2.75) is 18.0 Å². The van der Waals surface area contributed by atoms with E-state index in [1.54, 1.807) is 18.2 Å². The Kier molecular flexibility index (Phi) is 3.79. The second-order valence-corrected chi connectivity index (χ2v) is 7.22. The second kappa shape index (κ2) is 5.87. The summed E-state index contributed by atoms with van der Waals surface area (Å²) in [5.41, 5.74) is 0.483. The highest BCUT2D eigenvalue weighted by Crippen LogP contribution is 2.54. The van der Waals surface area contributed by atoms with E-state index in [1.165, 1.54) is 17.3 Å². The van der Waals surface area contributed by atoms with E-state index in [1.807, 2.05) is 6.07 Å². The maximum Gasteiger partial charge on any atom is 0.254 e. The highest BCUT2D eigenvalue weighted by Gasteiger charge is 2.61. The number of halogens is 2. The summed E-state index contributed by atoms with van der Waals surface area (Å²) in [7, 11) is 0. The smallest absolute Gasteiger partial charge is 0.254 e. The maximum atomic E-state index is 14.2. The lowest BCUT2D eigenvalue weighted by Crippen LogP contribution is -2.47. The molecule has 0 bridgehead atoms. The van der Waals surface area contributed by atoms with Gasteiger partial charge in [0, 0.05) is 34.4 Å². The van der Waals surface area contributed by atoms with Gasteiger partial charge in [-0.2, -0.15) is 0 Å². The highest BCUT2D eigenvalue weighted by molar-refractivity contribution is 9.10. The summed E-state index contributed by atoms with van der Waals surface area (Å²) in [5.74, 6) is -0.506. The molecular formula is C17H14BrFN4O2. The van der Waals surface area contributed by atoms with Crippen LogP contribution in [-0.2, 0) is 10.2 Å². The number of aromatic nitrogens is 2. The zero-order valence-corrected chi connectivity index (χ0v) is 14.7. The number of carbonyl (C=O) groups excluding carboxylic acids is 2. The van der Waals surface area contributed by atoms with Crippen LogP contribution in [0.15, 0.2) is 41.1 Å². The third-order valence-electron chi connectivity index (χ3n) is 4.64. The average molecular weight is 405 g/mol. The van der Waals surface area contributed by atoms with Crippen LogP contribution in [0.1, 0.15) is 22.3 Å². The van der Waals surface area contributed by atoms with Crippen molar-refractivity contribution in [3.05, 3.63) is 52.3 Å². The van der Waals surface area contributed by atoms with Crippen LogP contribution >= 0.6 is 15.9 Å². The Hall–Kier alpha value is -2.35. The number of hydrogen-bond donors (Lipinski definition) is 1. The first kappa shape index (κ1) is 16.1. The number of anilines is 1. The Morgan fingerprint density at radius 1 is 1.40 bits per heavy atom. The van der Waals surface area contributed by atoms with Gasteiger partial charge in [-0.15, -0.1) is 0 Å². The molecule has 2 heterocycles. The van der Waals surface area contributed by atoms with Gasteiger partial charge in [-0.25, -0.2) is 14.4 Å². The molecule has 1 aromatic heterocycles. The number of benzene rings is 1. The van der Waals surface area contributed by atoms with Crippen LogP contribution in [0.2, 0.25) is 0 Å².